The quantitative estimate of drug-likeness (QED) is 0.594. The van der Waals surface area contributed by atoms with Crippen LogP contribution in [0.3, 0.4) is 0 Å². The third-order valence-electron chi connectivity index (χ3n) is 2.85. The zero-order valence-corrected chi connectivity index (χ0v) is 13.0. The van der Waals surface area contributed by atoms with E-state index in [1.807, 2.05) is 18.2 Å². The largest absolute Gasteiger partial charge is 0.147 e. The van der Waals surface area contributed by atoms with E-state index < -0.39 is 0 Å². The average molecular weight is 320 g/mol. The summed E-state index contributed by atoms with van der Waals surface area (Å²) in [6.45, 7) is 2.15. The minimum Gasteiger partial charge on any atom is -0.147 e. The smallest absolute Gasteiger partial charge is 0.0721 e. The van der Waals surface area contributed by atoms with Gasteiger partial charge in [0.25, 0.3) is 0 Å². The maximum atomic E-state index is 6.49. The summed E-state index contributed by atoms with van der Waals surface area (Å²) in [6.07, 6.45) is 1.79. The van der Waals surface area contributed by atoms with Crippen molar-refractivity contribution in [1.29, 1.82) is 0 Å². The van der Waals surface area contributed by atoms with Gasteiger partial charge in [-0.05, 0) is 47.5 Å². The van der Waals surface area contributed by atoms with E-state index in [1.165, 1.54) is 10.4 Å². The van der Waals surface area contributed by atoms with Gasteiger partial charge >= 0.3 is 0 Å². The Morgan fingerprint density at radius 1 is 1.17 bits per heavy atom. The first-order chi connectivity index (χ1) is 8.61. The summed E-state index contributed by atoms with van der Waals surface area (Å²) in [5.41, 5.74) is 2.44. The van der Waals surface area contributed by atoms with Crippen molar-refractivity contribution in [3.8, 4) is 0 Å². The van der Waals surface area contributed by atoms with Gasteiger partial charge in [-0.3, -0.25) is 0 Å². The number of rotatable bonds is 4. The molecule has 1 aromatic heterocycles. The number of hydrogen-bond acceptors (Lipinski definition) is 1. The lowest BCUT2D eigenvalue weighted by Gasteiger charge is -2.10. The van der Waals surface area contributed by atoms with Crippen molar-refractivity contribution in [2.45, 2.75) is 25.1 Å². The van der Waals surface area contributed by atoms with Gasteiger partial charge in [-0.15, -0.1) is 22.9 Å². The van der Waals surface area contributed by atoms with Gasteiger partial charge in [0.1, 0.15) is 0 Å². The summed E-state index contributed by atoms with van der Waals surface area (Å²) >= 11 is 20.1. The van der Waals surface area contributed by atoms with Crippen molar-refractivity contribution in [3.05, 3.63) is 55.7 Å². The van der Waals surface area contributed by atoms with Gasteiger partial charge in [0.2, 0.25) is 0 Å². The molecule has 1 heterocycles. The van der Waals surface area contributed by atoms with Crippen LogP contribution >= 0.6 is 46.1 Å². The summed E-state index contributed by atoms with van der Waals surface area (Å²) in [4.78, 5) is 1.25. The molecule has 0 aliphatic rings. The van der Waals surface area contributed by atoms with Gasteiger partial charge in [-0.1, -0.05) is 36.2 Å². The second-order valence-electron chi connectivity index (χ2n) is 4.08. The van der Waals surface area contributed by atoms with Crippen LogP contribution in [0.15, 0.2) is 29.6 Å². The molecule has 0 saturated carbocycles. The molecule has 96 valence electrons. The second kappa shape index (κ2) is 6.29. The van der Waals surface area contributed by atoms with Gasteiger partial charge in [-0.25, -0.2) is 0 Å². The van der Waals surface area contributed by atoms with E-state index in [1.54, 1.807) is 11.3 Å². The molecule has 0 amide bonds. The molecule has 0 nitrogen and oxygen atoms in total. The molecule has 0 spiro atoms. The highest BCUT2D eigenvalue weighted by atomic mass is 35.5. The third kappa shape index (κ3) is 3.21. The Hall–Kier alpha value is -0.210. The molecule has 4 heteroatoms. The van der Waals surface area contributed by atoms with E-state index in [0.29, 0.717) is 10.0 Å². The Morgan fingerprint density at radius 2 is 1.94 bits per heavy atom. The van der Waals surface area contributed by atoms with Crippen molar-refractivity contribution < 1.29 is 0 Å². The van der Waals surface area contributed by atoms with Gasteiger partial charge < -0.3 is 0 Å². The van der Waals surface area contributed by atoms with E-state index in [4.69, 9.17) is 34.8 Å². The fraction of sp³-hybridized carbons (Fsp3) is 0.286. The fourth-order valence-electron chi connectivity index (χ4n) is 1.88. The van der Waals surface area contributed by atoms with Crippen molar-refractivity contribution in [1.82, 2.24) is 0 Å². The Kier molecular flexibility index (Phi) is 4.97. The highest BCUT2D eigenvalue weighted by molar-refractivity contribution is 7.10. The Labute approximate surface area is 126 Å². The van der Waals surface area contributed by atoms with Crippen LogP contribution in [0, 0.1) is 0 Å². The minimum atomic E-state index is -0.00260. The number of benzene rings is 1. The Bertz CT molecular complexity index is 534. The third-order valence-corrected chi connectivity index (χ3v) is 5.16. The molecule has 1 atom stereocenters. The van der Waals surface area contributed by atoms with Gasteiger partial charge in [0.05, 0.1) is 15.4 Å². The topological polar surface area (TPSA) is 0 Å². The molecule has 1 aromatic carbocycles. The van der Waals surface area contributed by atoms with Crippen LogP contribution in [0.4, 0.5) is 0 Å². The predicted octanol–water partition coefficient (Wildman–Crippen LogP) is 6.14. The van der Waals surface area contributed by atoms with Crippen molar-refractivity contribution in [2.75, 3.05) is 0 Å². The zero-order chi connectivity index (χ0) is 13.1. The van der Waals surface area contributed by atoms with Crippen LogP contribution in [-0.4, -0.2) is 0 Å². The summed E-state index contributed by atoms with van der Waals surface area (Å²) in [6, 6.07) is 7.82. The molecule has 2 rings (SSSR count). The number of hydrogen-bond donors (Lipinski definition) is 0. The van der Waals surface area contributed by atoms with Crippen molar-refractivity contribution >= 4 is 46.1 Å². The van der Waals surface area contributed by atoms with Crippen LogP contribution in [0.2, 0.25) is 10.0 Å². The molecule has 2 aromatic rings. The van der Waals surface area contributed by atoms with E-state index in [-0.39, 0.29) is 5.38 Å². The first kappa shape index (κ1) is 14.2. The van der Waals surface area contributed by atoms with Crippen LogP contribution in [0.1, 0.15) is 28.3 Å². The standard InChI is InChI=1S/C14H13Cl3S/c1-2-10-5-6-18-14(10)13(17)8-9-3-4-11(15)12(16)7-9/h3-7,13H,2,8H2,1H3. The molecule has 0 aliphatic carbocycles. The molecular weight excluding hydrogens is 307 g/mol. The number of halogens is 3. The lowest BCUT2D eigenvalue weighted by molar-refractivity contribution is 0.919. The molecule has 0 bridgehead atoms. The highest BCUT2D eigenvalue weighted by Crippen LogP contribution is 2.33. The Morgan fingerprint density at radius 3 is 2.61 bits per heavy atom. The molecule has 0 fully saturated rings. The van der Waals surface area contributed by atoms with E-state index in [9.17, 15) is 0 Å². The monoisotopic (exact) mass is 318 g/mol. The molecule has 0 aliphatic heterocycles. The summed E-state index contributed by atoms with van der Waals surface area (Å²) in [5, 5.41) is 3.26. The molecular formula is C14H13Cl3S. The predicted molar refractivity (Wildman–Crippen MR) is 82.5 cm³/mol. The first-order valence-electron chi connectivity index (χ1n) is 5.76. The maximum Gasteiger partial charge on any atom is 0.0721 e. The summed E-state index contributed by atoms with van der Waals surface area (Å²) in [5.74, 6) is 0. The van der Waals surface area contributed by atoms with E-state index in [2.05, 4.69) is 18.4 Å². The zero-order valence-electron chi connectivity index (χ0n) is 9.92. The first-order valence-corrected chi connectivity index (χ1v) is 7.83. The lowest BCUT2D eigenvalue weighted by atomic mass is 10.1. The molecule has 18 heavy (non-hydrogen) atoms. The second-order valence-corrected chi connectivity index (χ2v) is 6.37. The van der Waals surface area contributed by atoms with Crippen LogP contribution < -0.4 is 0 Å². The van der Waals surface area contributed by atoms with Gasteiger partial charge in [-0.2, -0.15) is 0 Å². The van der Waals surface area contributed by atoms with Crippen LogP contribution in [-0.2, 0) is 12.8 Å². The number of thiophene rings is 1. The molecule has 1 unspecified atom stereocenters. The molecule has 0 N–H and O–H groups in total. The van der Waals surface area contributed by atoms with Gasteiger partial charge in [0, 0.05) is 4.88 Å². The maximum absolute atomic E-state index is 6.49. The SMILES string of the molecule is CCc1ccsc1C(Cl)Cc1ccc(Cl)c(Cl)c1. The van der Waals surface area contributed by atoms with Gasteiger partial charge in [0.15, 0.2) is 0 Å². The van der Waals surface area contributed by atoms with Crippen molar-refractivity contribution in [2.24, 2.45) is 0 Å². The van der Waals surface area contributed by atoms with E-state index >= 15 is 0 Å². The summed E-state index contributed by atoms with van der Waals surface area (Å²) < 4.78 is 0. The van der Waals surface area contributed by atoms with Crippen LogP contribution in [0.5, 0.6) is 0 Å². The normalized spacial score (nSPS) is 12.7. The van der Waals surface area contributed by atoms with E-state index in [0.717, 1.165) is 18.4 Å². The fourth-order valence-corrected chi connectivity index (χ4v) is 3.65. The number of alkyl halides is 1. The highest BCUT2D eigenvalue weighted by Gasteiger charge is 2.14. The summed E-state index contributed by atoms with van der Waals surface area (Å²) in [7, 11) is 0. The molecule has 0 saturated heterocycles. The average Bonchev–Trinajstić information content (AvgIpc) is 2.82. The Balaban J connectivity index is 2.16. The number of aryl methyl sites for hydroxylation is 1. The lowest BCUT2D eigenvalue weighted by Crippen LogP contribution is -1.96. The molecule has 0 radical (unpaired) electrons. The minimum absolute atomic E-state index is 0.00260. The van der Waals surface area contributed by atoms with Crippen molar-refractivity contribution in [3.63, 3.8) is 0 Å². The van der Waals surface area contributed by atoms with Crippen LogP contribution in [0.25, 0.3) is 0 Å².